The van der Waals surface area contributed by atoms with Crippen LogP contribution >= 0.6 is 0 Å². The van der Waals surface area contributed by atoms with E-state index >= 15 is 0 Å². The van der Waals surface area contributed by atoms with Gasteiger partial charge in [-0.25, -0.2) is 14.4 Å². The molecule has 3 rings (SSSR count). The average Bonchev–Trinajstić information content (AvgIpc) is 2.85. The molecule has 1 unspecified atom stereocenters. The van der Waals surface area contributed by atoms with E-state index in [2.05, 4.69) is 16.0 Å². The first-order valence-electron chi connectivity index (χ1n) is 12.2. The van der Waals surface area contributed by atoms with E-state index in [-0.39, 0.29) is 26.2 Å². The van der Waals surface area contributed by atoms with Crippen molar-refractivity contribution in [2.24, 2.45) is 0 Å². The molecule has 210 valence electrons. The van der Waals surface area contributed by atoms with Crippen LogP contribution in [-0.2, 0) is 32.1 Å². The van der Waals surface area contributed by atoms with E-state index in [9.17, 15) is 24.3 Å². The molecule has 1 aliphatic heterocycles. The topological polar surface area (TPSA) is 162 Å². The Labute approximate surface area is 226 Å². The van der Waals surface area contributed by atoms with Gasteiger partial charge in [-0.2, -0.15) is 0 Å². The highest BCUT2D eigenvalue weighted by molar-refractivity contribution is 5.83. The van der Waals surface area contributed by atoms with Crippen LogP contribution < -0.4 is 25.4 Å². The molecule has 1 heterocycles. The van der Waals surface area contributed by atoms with E-state index in [1.165, 1.54) is 0 Å². The second-order valence-electron chi connectivity index (χ2n) is 10.1. The number of fused-ring (bicyclic) bond motifs is 1. The molecule has 1 aliphatic rings. The van der Waals surface area contributed by atoms with Gasteiger partial charge in [0, 0.05) is 6.42 Å². The molecule has 0 saturated carbocycles. The van der Waals surface area contributed by atoms with Gasteiger partial charge in [0.1, 0.15) is 31.4 Å². The highest BCUT2D eigenvalue weighted by atomic mass is 16.6. The van der Waals surface area contributed by atoms with Crippen LogP contribution in [0.15, 0.2) is 48.5 Å². The molecule has 2 aromatic rings. The smallest absolute Gasteiger partial charge is 0.408 e. The van der Waals surface area contributed by atoms with Crippen LogP contribution in [-0.4, -0.2) is 59.7 Å². The monoisotopic (exact) mass is 543 g/mol. The number of hydrogen-bond acceptors (Lipinski definition) is 8. The summed E-state index contributed by atoms with van der Waals surface area (Å²) in [6.07, 6.45) is -1.60. The summed E-state index contributed by atoms with van der Waals surface area (Å²) in [4.78, 5) is 48.0. The molecule has 0 bridgehead atoms. The lowest BCUT2D eigenvalue weighted by atomic mass is 10.0. The normalized spacial score (nSPS) is 16.8. The number of benzene rings is 2. The zero-order valence-corrected chi connectivity index (χ0v) is 22.2. The number of carboxylic acid groups (broad SMARTS) is 1. The molecule has 2 atom stereocenters. The molecule has 39 heavy (non-hydrogen) atoms. The minimum Gasteiger partial charge on any atom is -0.483 e. The summed E-state index contributed by atoms with van der Waals surface area (Å²) in [5.41, 5.74) is -0.563. The van der Waals surface area contributed by atoms with Gasteiger partial charge in [0.15, 0.2) is 11.5 Å². The summed E-state index contributed by atoms with van der Waals surface area (Å²) in [5.74, 6) is -1.06. The first-order valence-corrected chi connectivity index (χ1v) is 12.2. The maximum Gasteiger partial charge on any atom is 0.408 e. The minimum absolute atomic E-state index is 0.00933. The lowest BCUT2D eigenvalue weighted by Gasteiger charge is -2.36. The lowest BCUT2D eigenvalue weighted by molar-refractivity contribution is -0.139. The zero-order chi connectivity index (χ0) is 28.6. The van der Waals surface area contributed by atoms with Gasteiger partial charge < -0.3 is 40.0 Å². The number of rotatable bonds is 9. The Morgan fingerprint density at radius 3 is 2.41 bits per heavy atom. The van der Waals surface area contributed by atoms with Gasteiger partial charge in [-0.1, -0.05) is 36.4 Å². The van der Waals surface area contributed by atoms with Crippen LogP contribution in [0.1, 0.15) is 38.8 Å². The highest BCUT2D eigenvalue weighted by Gasteiger charge is 2.35. The van der Waals surface area contributed by atoms with Crippen molar-refractivity contribution in [3.8, 4) is 11.5 Å². The van der Waals surface area contributed by atoms with Crippen molar-refractivity contribution in [2.45, 2.75) is 58.1 Å². The minimum atomic E-state index is -1.24. The van der Waals surface area contributed by atoms with Crippen LogP contribution in [0.2, 0.25) is 0 Å². The number of ether oxygens (including phenoxy) is 4. The Hall–Kier alpha value is -4.48. The van der Waals surface area contributed by atoms with Crippen molar-refractivity contribution < 1.29 is 43.2 Å². The molecular weight excluding hydrogens is 510 g/mol. The number of carboxylic acids is 1. The molecule has 0 radical (unpaired) electrons. The van der Waals surface area contributed by atoms with Crippen LogP contribution in [0.25, 0.3) is 0 Å². The number of carbonyl (C=O) groups excluding carboxylic acids is 3. The molecular formula is C27H33N3O9. The molecule has 3 amide bonds. The van der Waals surface area contributed by atoms with Crippen molar-refractivity contribution in [3.05, 3.63) is 59.7 Å². The largest absolute Gasteiger partial charge is 0.483 e. The van der Waals surface area contributed by atoms with Gasteiger partial charge in [-0.05, 0) is 51.0 Å². The van der Waals surface area contributed by atoms with Crippen molar-refractivity contribution in [1.29, 1.82) is 0 Å². The quantitative estimate of drug-likeness (QED) is 0.373. The maximum absolute atomic E-state index is 12.3. The molecule has 0 aromatic heterocycles. The Balaban J connectivity index is 1.53. The fourth-order valence-electron chi connectivity index (χ4n) is 3.57. The van der Waals surface area contributed by atoms with Crippen molar-refractivity contribution in [2.75, 3.05) is 13.2 Å². The predicted molar refractivity (Wildman–Crippen MR) is 138 cm³/mol. The van der Waals surface area contributed by atoms with Gasteiger partial charge >= 0.3 is 18.2 Å². The fourth-order valence-corrected chi connectivity index (χ4v) is 3.57. The first kappa shape index (κ1) is 29.1. The Morgan fingerprint density at radius 2 is 1.74 bits per heavy atom. The summed E-state index contributed by atoms with van der Waals surface area (Å²) in [5, 5.41) is 17.0. The van der Waals surface area contributed by atoms with Crippen molar-refractivity contribution in [1.82, 2.24) is 16.0 Å². The second kappa shape index (κ2) is 12.4. The molecule has 0 spiro atoms. The zero-order valence-electron chi connectivity index (χ0n) is 22.2. The molecule has 12 nitrogen and oxygen atoms in total. The SMILES string of the molecule is CC(C)(C)OC(=O)NCC(=O)NC1(C)COc2cc(C[C@H](NC(=O)OCc3ccccc3)C(=O)O)ccc2O1. The van der Waals surface area contributed by atoms with Gasteiger partial charge in [-0.3, -0.25) is 4.79 Å². The number of aliphatic carboxylic acids is 1. The van der Waals surface area contributed by atoms with Crippen LogP contribution in [0.3, 0.4) is 0 Å². The molecule has 2 aromatic carbocycles. The third-order valence-electron chi connectivity index (χ3n) is 5.29. The first-order chi connectivity index (χ1) is 18.3. The van der Waals surface area contributed by atoms with E-state index < -0.39 is 41.4 Å². The Bertz CT molecular complexity index is 1200. The molecule has 0 fully saturated rings. The van der Waals surface area contributed by atoms with E-state index in [4.69, 9.17) is 18.9 Å². The van der Waals surface area contributed by atoms with Crippen LogP contribution in [0, 0.1) is 0 Å². The third-order valence-corrected chi connectivity index (χ3v) is 5.29. The summed E-state index contributed by atoms with van der Waals surface area (Å²) < 4.78 is 21.9. The molecule has 0 aliphatic carbocycles. The molecule has 12 heteroatoms. The maximum atomic E-state index is 12.3. The van der Waals surface area contributed by atoms with E-state index in [1.54, 1.807) is 70.2 Å². The van der Waals surface area contributed by atoms with Gasteiger partial charge in [-0.15, -0.1) is 0 Å². The van der Waals surface area contributed by atoms with Crippen LogP contribution in [0.5, 0.6) is 11.5 Å². The third kappa shape index (κ3) is 9.40. The fraction of sp³-hybridized carbons (Fsp3) is 0.407. The van der Waals surface area contributed by atoms with E-state index in [0.29, 0.717) is 17.1 Å². The number of alkyl carbamates (subject to hydrolysis) is 2. The molecule has 0 saturated heterocycles. The summed E-state index contributed by atoms with van der Waals surface area (Å²) in [7, 11) is 0. The number of carbonyl (C=O) groups is 4. The summed E-state index contributed by atoms with van der Waals surface area (Å²) in [6.45, 7) is 6.39. The molecule has 4 N–H and O–H groups in total. The average molecular weight is 544 g/mol. The van der Waals surface area contributed by atoms with E-state index in [1.807, 2.05) is 6.07 Å². The van der Waals surface area contributed by atoms with Crippen LogP contribution in [0.4, 0.5) is 9.59 Å². The standard InChI is InChI=1S/C27H33N3O9/c1-26(2,3)39-24(34)28-14-22(31)30-27(4)16-37-21-13-18(10-11-20(21)38-27)12-19(23(32)33)29-25(35)36-15-17-8-6-5-7-9-17/h5-11,13,19H,12,14-16H2,1-4H3,(H,28,34)(H,29,35)(H,30,31)(H,32,33)/t19-,27?/m0/s1. The second-order valence-corrected chi connectivity index (χ2v) is 10.1. The van der Waals surface area contributed by atoms with Gasteiger partial charge in [0.25, 0.3) is 0 Å². The van der Waals surface area contributed by atoms with Crippen molar-refractivity contribution in [3.63, 3.8) is 0 Å². The Morgan fingerprint density at radius 1 is 1.03 bits per heavy atom. The number of nitrogens with one attached hydrogen (secondary N) is 3. The van der Waals surface area contributed by atoms with E-state index in [0.717, 1.165) is 5.56 Å². The van der Waals surface area contributed by atoms with Gasteiger partial charge in [0.2, 0.25) is 11.6 Å². The highest BCUT2D eigenvalue weighted by Crippen LogP contribution is 2.35. The summed E-state index contributed by atoms with van der Waals surface area (Å²) >= 11 is 0. The number of hydrogen-bond donors (Lipinski definition) is 4. The Kier molecular flexibility index (Phi) is 9.23. The van der Waals surface area contributed by atoms with Gasteiger partial charge in [0.05, 0.1) is 0 Å². The summed E-state index contributed by atoms with van der Waals surface area (Å²) in [6, 6.07) is 12.6. The predicted octanol–water partition coefficient (Wildman–Crippen LogP) is 2.74. The number of amides is 3. The van der Waals surface area contributed by atoms with Crippen molar-refractivity contribution >= 4 is 24.1 Å². The lowest BCUT2D eigenvalue weighted by Crippen LogP contribution is -2.58.